The van der Waals surface area contributed by atoms with Crippen LogP contribution in [0.4, 0.5) is 5.69 Å². The molecule has 0 radical (unpaired) electrons. The number of rotatable bonds is 6. The highest BCUT2D eigenvalue weighted by molar-refractivity contribution is 8.14. The summed E-state index contributed by atoms with van der Waals surface area (Å²) < 4.78 is 33.9. The largest absolute Gasteiger partial charge is 0.494 e. The number of anilines is 1. The van der Waals surface area contributed by atoms with Crippen LogP contribution in [0.2, 0.25) is 0 Å². The normalized spacial score (nSPS) is 18.6. The molecule has 0 bridgehead atoms. The lowest BCUT2D eigenvalue weighted by Crippen LogP contribution is -2.27. The van der Waals surface area contributed by atoms with Crippen LogP contribution in [-0.2, 0) is 13.8 Å². The average Bonchev–Trinajstić information content (AvgIpc) is 2.83. The quantitative estimate of drug-likeness (QED) is 0.737. The van der Waals surface area contributed by atoms with Gasteiger partial charge in [0, 0.05) is 29.7 Å². The van der Waals surface area contributed by atoms with Crippen LogP contribution in [0.1, 0.15) is 20.3 Å². The summed E-state index contributed by atoms with van der Waals surface area (Å²) in [6.45, 7) is 4.62. The first-order valence-electron chi connectivity index (χ1n) is 7.00. The van der Waals surface area contributed by atoms with Crippen molar-refractivity contribution in [3.8, 4) is 11.5 Å². The summed E-state index contributed by atoms with van der Waals surface area (Å²) in [7, 11) is 1.59. The second kappa shape index (κ2) is 6.75. The van der Waals surface area contributed by atoms with Crippen LogP contribution in [0.15, 0.2) is 18.2 Å². The molecular formula is C14H18ClNO5S. The summed E-state index contributed by atoms with van der Waals surface area (Å²) in [6, 6.07) is 5.13. The van der Waals surface area contributed by atoms with Crippen LogP contribution < -0.4 is 14.4 Å². The minimum atomic E-state index is -3.78. The monoisotopic (exact) mass is 347 g/mol. The summed E-state index contributed by atoms with van der Waals surface area (Å²) in [4.78, 5) is 13.6. The second-order valence-electron chi connectivity index (χ2n) is 4.80. The van der Waals surface area contributed by atoms with Crippen LogP contribution >= 0.6 is 10.7 Å². The lowest BCUT2D eigenvalue weighted by molar-refractivity contribution is -0.117. The van der Waals surface area contributed by atoms with Gasteiger partial charge in [0.25, 0.3) is 0 Å². The zero-order valence-corrected chi connectivity index (χ0v) is 14.0. The molecular weight excluding hydrogens is 330 g/mol. The van der Waals surface area contributed by atoms with E-state index in [4.69, 9.17) is 20.2 Å². The number of hydrogen-bond acceptors (Lipinski definition) is 5. The van der Waals surface area contributed by atoms with E-state index in [1.165, 1.54) is 4.90 Å². The summed E-state index contributed by atoms with van der Waals surface area (Å²) in [5.74, 6) is 0.793. The number of amides is 1. The van der Waals surface area contributed by atoms with Crippen molar-refractivity contribution in [2.45, 2.75) is 25.5 Å². The molecule has 1 heterocycles. The van der Waals surface area contributed by atoms with E-state index in [0.29, 0.717) is 30.4 Å². The van der Waals surface area contributed by atoms with E-state index in [0.717, 1.165) is 0 Å². The van der Waals surface area contributed by atoms with Gasteiger partial charge in [-0.3, -0.25) is 4.79 Å². The maximum absolute atomic E-state index is 12.2. The first-order valence-corrected chi connectivity index (χ1v) is 9.37. The predicted molar refractivity (Wildman–Crippen MR) is 84.3 cm³/mol. The summed E-state index contributed by atoms with van der Waals surface area (Å²) in [5, 5.41) is -0.910. The second-order valence-corrected chi connectivity index (χ2v) is 7.71. The molecule has 122 valence electrons. The molecule has 1 amide bonds. The molecule has 1 unspecified atom stereocenters. The summed E-state index contributed by atoms with van der Waals surface area (Å²) >= 11 is 0. The molecule has 0 N–H and O–H groups in total. The third kappa shape index (κ3) is 3.64. The van der Waals surface area contributed by atoms with Crippen LogP contribution in [0.5, 0.6) is 11.5 Å². The maximum atomic E-state index is 12.2. The Morgan fingerprint density at radius 3 is 2.50 bits per heavy atom. The van der Waals surface area contributed by atoms with Gasteiger partial charge in [0.1, 0.15) is 16.7 Å². The van der Waals surface area contributed by atoms with Crippen molar-refractivity contribution in [3.05, 3.63) is 18.2 Å². The minimum absolute atomic E-state index is 0.0142. The van der Waals surface area contributed by atoms with E-state index >= 15 is 0 Å². The molecule has 8 heteroatoms. The molecule has 1 aliphatic heterocycles. The lowest BCUT2D eigenvalue weighted by atomic mass is 10.2. The van der Waals surface area contributed by atoms with E-state index < -0.39 is 14.3 Å². The van der Waals surface area contributed by atoms with Gasteiger partial charge in [-0.15, -0.1) is 0 Å². The fourth-order valence-electron chi connectivity index (χ4n) is 2.34. The Kier molecular flexibility index (Phi) is 5.18. The number of benzene rings is 1. The Labute approximate surface area is 134 Å². The molecule has 1 aromatic carbocycles. The third-order valence-electron chi connectivity index (χ3n) is 3.32. The molecule has 0 aliphatic carbocycles. The van der Waals surface area contributed by atoms with Crippen molar-refractivity contribution in [1.29, 1.82) is 0 Å². The van der Waals surface area contributed by atoms with Crippen molar-refractivity contribution in [2.24, 2.45) is 0 Å². The van der Waals surface area contributed by atoms with Crippen LogP contribution in [0.25, 0.3) is 0 Å². The Hall–Kier alpha value is -1.47. The zero-order valence-electron chi connectivity index (χ0n) is 12.4. The van der Waals surface area contributed by atoms with Crippen LogP contribution in [0.3, 0.4) is 0 Å². The molecule has 2 rings (SSSR count). The molecule has 0 saturated carbocycles. The zero-order chi connectivity index (χ0) is 16.3. The Bertz CT molecular complexity index is 661. The van der Waals surface area contributed by atoms with Crippen molar-refractivity contribution < 1.29 is 22.7 Å². The first kappa shape index (κ1) is 16.9. The van der Waals surface area contributed by atoms with E-state index in [2.05, 4.69) is 0 Å². The molecule has 22 heavy (non-hydrogen) atoms. The van der Waals surface area contributed by atoms with Crippen LogP contribution in [0, 0.1) is 0 Å². The smallest absolute Gasteiger partial charge is 0.237 e. The molecule has 1 atom stereocenters. The SMILES string of the molecule is CCOc1ccc(OCC)c(N2CC(S(=O)(=O)Cl)CC2=O)c1. The van der Waals surface area contributed by atoms with E-state index in [9.17, 15) is 13.2 Å². The van der Waals surface area contributed by atoms with Crippen molar-refractivity contribution in [1.82, 2.24) is 0 Å². The van der Waals surface area contributed by atoms with Gasteiger partial charge in [0.05, 0.1) is 18.9 Å². The van der Waals surface area contributed by atoms with Crippen LogP contribution in [-0.4, -0.2) is 39.3 Å². The molecule has 1 aromatic rings. The molecule has 0 spiro atoms. The van der Waals surface area contributed by atoms with Crippen molar-refractivity contribution in [3.63, 3.8) is 0 Å². The Balaban J connectivity index is 2.37. The highest BCUT2D eigenvalue weighted by Crippen LogP contribution is 2.36. The number of nitrogens with zero attached hydrogens (tertiary/aromatic N) is 1. The van der Waals surface area contributed by atoms with Gasteiger partial charge in [-0.2, -0.15) is 0 Å². The average molecular weight is 348 g/mol. The van der Waals surface area contributed by atoms with Gasteiger partial charge in [-0.25, -0.2) is 8.42 Å². The maximum Gasteiger partial charge on any atom is 0.237 e. The third-order valence-corrected chi connectivity index (χ3v) is 5.19. The highest BCUT2D eigenvalue weighted by Gasteiger charge is 2.39. The van der Waals surface area contributed by atoms with Gasteiger partial charge < -0.3 is 14.4 Å². The summed E-state index contributed by atoms with van der Waals surface area (Å²) in [6.07, 6.45) is -0.129. The Morgan fingerprint density at radius 1 is 1.27 bits per heavy atom. The number of halogens is 1. The number of ether oxygens (including phenoxy) is 2. The fraction of sp³-hybridized carbons (Fsp3) is 0.500. The van der Waals surface area contributed by atoms with Gasteiger partial charge in [-0.05, 0) is 26.0 Å². The summed E-state index contributed by atoms with van der Waals surface area (Å²) in [5.41, 5.74) is 0.501. The minimum Gasteiger partial charge on any atom is -0.494 e. The first-order chi connectivity index (χ1) is 10.4. The lowest BCUT2D eigenvalue weighted by Gasteiger charge is -2.21. The number of carbonyl (C=O) groups is 1. The van der Waals surface area contributed by atoms with E-state index in [1.54, 1.807) is 18.2 Å². The fourth-order valence-corrected chi connectivity index (χ4v) is 3.37. The number of hydrogen-bond donors (Lipinski definition) is 0. The standard InChI is InChI=1S/C14H18ClNO5S/c1-3-20-10-5-6-13(21-4-2)12(7-10)16-9-11(8-14(16)17)22(15,18)19/h5-7,11H,3-4,8-9H2,1-2H3. The molecule has 1 fully saturated rings. The van der Waals surface area contributed by atoms with E-state index in [-0.39, 0.29) is 18.9 Å². The molecule has 0 aromatic heterocycles. The van der Waals surface area contributed by atoms with Gasteiger partial charge >= 0.3 is 0 Å². The van der Waals surface area contributed by atoms with Gasteiger partial charge in [-0.1, -0.05) is 0 Å². The topological polar surface area (TPSA) is 72.9 Å². The highest BCUT2D eigenvalue weighted by atomic mass is 35.7. The molecule has 1 saturated heterocycles. The Morgan fingerprint density at radius 2 is 1.95 bits per heavy atom. The number of carbonyl (C=O) groups excluding carboxylic acids is 1. The van der Waals surface area contributed by atoms with Gasteiger partial charge in [0.2, 0.25) is 15.0 Å². The molecule has 6 nitrogen and oxygen atoms in total. The van der Waals surface area contributed by atoms with Crippen molar-refractivity contribution >= 4 is 31.3 Å². The predicted octanol–water partition coefficient (Wildman–Crippen LogP) is 2.16. The molecule has 1 aliphatic rings. The van der Waals surface area contributed by atoms with Crippen molar-refractivity contribution in [2.75, 3.05) is 24.7 Å². The van der Waals surface area contributed by atoms with Gasteiger partial charge in [0.15, 0.2) is 0 Å². The van der Waals surface area contributed by atoms with E-state index in [1.807, 2.05) is 13.8 Å².